The number of nitrogens with two attached hydrogens (primary N) is 1. The summed E-state index contributed by atoms with van der Waals surface area (Å²) < 4.78 is 46.4. The number of H-pyrrole nitrogens is 1. The van der Waals surface area contributed by atoms with Gasteiger partial charge in [-0.25, -0.2) is 32.7 Å². The average Bonchev–Trinajstić information content (AvgIpc) is 3.71. The Morgan fingerprint density at radius 2 is 1.91 bits per heavy atom. The van der Waals surface area contributed by atoms with Crippen LogP contribution in [-0.4, -0.2) is 84.9 Å². The van der Waals surface area contributed by atoms with E-state index >= 15 is 0 Å². The molecular weight excluding hydrogens is 603 g/mol. The highest BCUT2D eigenvalue weighted by Gasteiger charge is 2.28. The van der Waals surface area contributed by atoms with E-state index in [1.165, 1.54) is 36.3 Å². The van der Waals surface area contributed by atoms with Crippen molar-refractivity contribution in [2.75, 3.05) is 25.6 Å². The minimum atomic E-state index is -3.81. The van der Waals surface area contributed by atoms with E-state index < -0.39 is 15.7 Å². The van der Waals surface area contributed by atoms with Crippen molar-refractivity contribution in [3.8, 4) is 28.3 Å². The van der Waals surface area contributed by atoms with E-state index in [2.05, 4.69) is 30.2 Å². The number of methoxy groups -OCH3 is 1. The number of amides is 1. The third kappa shape index (κ3) is 6.31. The van der Waals surface area contributed by atoms with Crippen molar-refractivity contribution >= 4 is 27.2 Å². The van der Waals surface area contributed by atoms with Crippen LogP contribution in [0.3, 0.4) is 0 Å². The zero-order valence-electron chi connectivity index (χ0n) is 25.2. The van der Waals surface area contributed by atoms with Gasteiger partial charge in [-0.1, -0.05) is 13.8 Å². The number of nitrogens with one attached hydrogen (secondary N) is 1. The summed E-state index contributed by atoms with van der Waals surface area (Å²) in [7, 11) is -2.42. The van der Waals surface area contributed by atoms with Crippen LogP contribution in [-0.2, 0) is 16.3 Å². The molecule has 4 aromatic heterocycles. The van der Waals surface area contributed by atoms with E-state index in [-0.39, 0.29) is 46.4 Å². The monoisotopic (exact) mass is 636 g/mol. The van der Waals surface area contributed by atoms with Gasteiger partial charge >= 0.3 is 0 Å². The first-order valence-corrected chi connectivity index (χ1v) is 16.1. The fourth-order valence-electron chi connectivity index (χ4n) is 5.27. The van der Waals surface area contributed by atoms with Gasteiger partial charge in [0.1, 0.15) is 17.0 Å². The number of aromatic nitrogens is 8. The summed E-state index contributed by atoms with van der Waals surface area (Å²) in [6.07, 6.45) is 8.93. The normalized spacial score (nSPS) is 12.4. The van der Waals surface area contributed by atoms with Gasteiger partial charge in [-0.2, -0.15) is 14.7 Å². The standard InChI is InChI=1S/C29H33FN10O4S/c1-5-11-39(29(41)27-34-16-35-38-27)19(6-2)8-9-22-24(45(4,42)43)25(31)40-28(37-22)20(15-36-40)18-13-32-26(33-14-18)17-7-10-23(44-3)21(30)12-17/h7,10,12-16,19H,5-6,8-9,11,31H2,1-4H3,(H,34,35,38)/t19-/m1/s1. The first-order valence-electron chi connectivity index (χ1n) is 14.3. The predicted octanol–water partition coefficient (Wildman–Crippen LogP) is 3.37. The lowest BCUT2D eigenvalue weighted by molar-refractivity contribution is 0.0650. The highest BCUT2D eigenvalue weighted by Crippen LogP contribution is 2.31. The number of hydrogen-bond acceptors (Lipinski definition) is 11. The molecule has 0 saturated heterocycles. The van der Waals surface area contributed by atoms with Crippen molar-refractivity contribution in [3.05, 3.63) is 60.5 Å². The van der Waals surface area contributed by atoms with Gasteiger partial charge in [0.25, 0.3) is 5.91 Å². The van der Waals surface area contributed by atoms with Gasteiger partial charge in [-0.15, -0.1) is 0 Å². The molecule has 45 heavy (non-hydrogen) atoms. The van der Waals surface area contributed by atoms with E-state index in [1.807, 2.05) is 13.8 Å². The molecule has 0 radical (unpaired) electrons. The Morgan fingerprint density at radius 1 is 1.16 bits per heavy atom. The van der Waals surface area contributed by atoms with Crippen LogP contribution in [0, 0.1) is 5.82 Å². The zero-order chi connectivity index (χ0) is 32.3. The lowest BCUT2D eigenvalue weighted by Gasteiger charge is -2.30. The van der Waals surface area contributed by atoms with Crippen LogP contribution < -0.4 is 10.5 Å². The molecule has 0 aliphatic heterocycles. The van der Waals surface area contributed by atoms with Crippen molar-refractivity contribution in [3.63, 3.8) is 0 Å². The smallest absolute Gasteiger partial charge is 0.291 e. The van der Waals surface area contributed by atoms with Gasteiger partial charge in [0.15, 0.2) is 32.9 Å². The molecule has 5 rings (SSSR count). The highest BCUT2D eigenvalue weighted by molar-refractivity contribution is 7.91. The van der Waals surface area contributed by atoms with Crippen molar-refractivity contribution in [2.24, 2.45) is 0 Å². The van der Waals surface area contributed by atoms with Gasteiger partial charge < -0.3 is 15.4 Å². The van der Waals surface area contributed by atoms with Gasteiger partial charge in [-0.3, -0.25) is 9.89 Å². The average molecular weight is 637 g/mol. The Bertz CT molecular complexity index is 1930. The third-order valence-corrected chi connectivity index (χ3v) is 8.61. The second-order valence-corrected chi connectivity index (χ2v) is 12.4. The third-order valence-electron chi connectivity index (χ3n) is 7.42. The number of ether oxygens (including phenoxy) is 1. The molecule has 236 valence electrons. The summed E-state index contributed by atoms with van der Waals surface area (Å²) in [6, 6.07) is 4.20. The van der Waals surface area contributed by atoms with Crippen molar-refractivity contribution in [1.82, 2.24) is 44.6 Å². The number of hydrogen-bond donors (Lipinski definition) is 2. The maximum atomic E-state index is 14.2. The van der Waals surface area contributed by atoms with Crippen LogP contribution in [0.5, 0.6) is 5.75 Å². The fraction of sp³-hybridized carbons (Fsp3) is 0.345. The molecular formula is C29H33FN10O4S. The number of carbonyl (C=O) groups is 1. The van der Waals surface area contributed by atoms with Crippen LogP contribution >= 0.6 is 0 Å². The molecule has 0 unspecified atom stereocenters. The summed E-state index contributed by atoms with van der Waals surface area (Å²) >= 11 is 0. The Hall–Kier alpha value is -4.99. The number of aromatic amines is 1. The number of halogens is 1. The fourth-order valence-corrected chi connectivity index (χ4v) is 6.31. The van der Waals surface area contributed by atoms with Gasteiger partial charge in [0.2, 0.25) is 5.82 Å². The molecule has 1 amide bonds. The number of anilines is 1. The maximum Gasteiger partial charge on any atom is 0.291 e. The lowest BCUT2D eigenvalue weighted by atomic mass is 10.0. The van der Waals surface area contributed by atoms with Crippen LogP contribution in [0.25, 0.3) is 28.2 Å². The van der Waals surface area contributed by atoms with Gasteiger partial charge in [-0.05, 0) is 43.9 Å². The molecule has 3 N–H and O–H groups in total. The molecule has 14 nitrogen and oxygen atoms in total. The molecule has 1 atom stereocenters. The molecule has 0 spiro atoms. The minimum Gasteiger partial charge on any atom is -0.494 e. The molecule has 0 aliphatic rings. The van der Waals surface area contributed by atoms with E-state index in [4.69, 9.17) is 15.5 Å². The Balaban J connectivity index is 1.50. The Kier molecular flexibility index (Phi) is 9.04. The minimum absolute atomic E-state index is 0.0776. The van der Waals surface area contributed by atoms with Crippen molar-refractivity contribution in [2.45, 2.75) is 50.5 Å². The highest BCUT2D eigenvalue weighted by atomic mass is 32.2. The molecule has 4 heterocycles. The van der Waals surface area contributed by atoms with E-state index in [1.54, 1.807) is 23.4 Å². The molecule has 16 heteroatoms. The lowest BCUT2D eigenvalue weighted by Crippen LogP contribution is -2.41. The van der Waals surface area contributed by atoms with E-state index in [9.17, 15) is 17.6 Å². The molecule has 0 aliphatic carbocycles. The summed E-state index contributed by atoms with van der Waals surface area (Å²) in [6.45, 7) is 4.41. The summed E-state index contributed by atoms with van der Waals surface area (Å²) in [5, 5.41) is 10.7. The SMILES string of the molecule is CCCN(C(=O)c1ncn[nH]1)[C@H](CC)CCc1nc2c(-c3cnc(-c4ccc(OC)c(F)c4)nc3)cnn2c(N)c1S(C)(=O)=O. The number of fused-ring (bicyclic) bond motifs is 1. The van der Waals surface area contributed by atoms with Gasteiger partial charge in [0.05, 0.1) is 19.0 Å². The van der Waals surface area contributed by atoms with Crippen molar-refractivity contribution in [1.29, 1.82) is 0 Å². The van der Waals surface area contributed by atoms with E-state index in [0.29, 0.717) is 47.5 Å². The number of carbonyl (C=O) groups excluding carboxylic acids is 1. The van der Waals surface area contributed by atoms with Gasteiger partial charge in [0, 0.05) is 47.9 Å². The topological polar surface area (TPSA) is 187 Å². The van der Waals surface area contributed by atoms with Crippen LogP contribution in [0.15, 0.2) is 48.0 Å². The molecule has 0 saturated carbocycles. The summed E-state index contributed by atoms with van der Waals surface area (Å²) in [4.78, 5) is 32.4. The molecule has 0 bridgehead atoms. The molecule has 0 fully saturated rings. The number of aryl methyl sites for hydroxylation is 1. The molecule has 1 aromatic carbocycles. The van der Waals surface area contributed by atoms with Crippen LogP contribution in [0.4, 0.5) is 10.2 Å². The Labute approximate surface area is 258 Å². The van der Waals surface area contributed by atoms with Crippen molar-refractivity contribution < 1.29 is 22.3 Å². The van der Waals surface area contributed by atoms with E-state index in [0.717, 1.165) is 12.7 Å². The van der Waals surface area contributed by atoms with Crippen LogP contribution in [0.2, 0.25) is 0 Å². The van der Waals surface area contributed by atoms with Crippen LogP contribution in [0.1, 0.15) is 49.4 Å². The second-order valence-electron chi connectivity index (χ2n) is 10.4. The molecule has 5 aromatic rings. The number of sulfone groups is 1. The summed E-state index contributed by atoms with van der Waals surface area (Å²) in [5.74, 6) is -0.357. The number of rotatable bonds is 12. The number of nitrogens with zero attached hydrogens (tertiary/aromatic N) is 8. The quantitative estimate of drug-likeness (QED) is 0.204. The first kappa shape index (κ1) is 31.4. The summed E-state index contributed by atoms with van der Waals surface area (Å²) in [5.41, 5.74) is 8.53. The second kappa shape index (κ2) is 12.9. The first-order chi connectivity index (χ1) is 21.6. The maximum absolute atomic E-state index is 14.2. The predicted molar refractivity (Wildman–Crippen MR) is 164 cm³/mol. The largest absolute Gasteiger partial charge is 0.494 e. The Morgan fingerprint density at radius 3 is 2.51 bits per heavy atom. The number of nitrogen functional groups attached to an aromatic ring is 1. The number of benzene rings is 1. The zero-order valence-corrected chi connectivity index (χ0v) is 26.0.